The van der Waals surface area contributed by atoms with Crippen LogP contribution in [-0.4, -0.2) is 121 Å². The van der Waals surface area contributed by atoms with Crippen molar-refractivity contribution >= 4 is 19.8 Å². The third-order valence-electron chi connectivity index (χ3n) is 11.2. The molecule has 1 rings (SSSR count). The second-order valence-corrected chi connectivity index (χ2v) is 18.6. The van der Waals surface area contributed by atoms with E-state index in [0.29, 0.717) is 12.8 Å². The van der Waals surface area contributed by atoms with Crippen LogP contribution in [0, 0.1) is 0 Å². The van der Waals surface area contributed by atoms with Crippen LogP contribution in [-0.2, 0) is 32.7 Å². The summed E-state index contributed by atoms with van der Waals surface area (Å²) in [4.78, 5) is 35.9. The molecule has 10 atom stereocenters. The van der Waals surface area contributed by atoms with E-state index in [4.69, 9.17) is 18.5 Å². The van der Waals surface area contributed by atoms with E-state index < -0.39 is 87.9 Å². The lowest BCUT2D eigenvalue weighted by atomic mass is 9.85. The van der Waals surface area contributed by atoms with Gasteiger partial charge < -0.3 is 50.1 Å². The zero-order chi connectivity index (χ0) is 49.5. The molecule has 0 saturated heterocycles. The first-order valence-electron chi connectivity index (χ1n) is 24.9. The third kappa shape index (κ3) is 31.9. The van der Waals surface area contributed by atoms with Crippen LogP contribution in [0.2, 0.25) is 0 Å². The number of aliphatic hydroxyl groups is 7. The number of ether oxygens (including phenoxy) is 2. The highest BCUT2D eigenvalue weighted by Gasteiger charge is 2.51. The van der Waals surface area contributed by atoms with Gasteiger partial charge in [-0.1, -0.05) is 145 Å². The average molecular weight is 971 g/mol. The molecule has 0 aromatic heterocycles. The van der Waals surface area contributed by atoms with Crippen molar-refractivity contribution in [1.29, 1.82) is 0 Å². The first kappa shape index (κ1) is 62.2. The zero-order valence-electron chi connectivity index (χ0n) is 40.4. The minimum atomic E-state index is -5.21. The maximum Gasteiger partial charge on any atom is 0.472 e. The van der Waals surface area contributed by atoms with Gasteiger partial charge in [0.05, 0.1) is 18.8 Å². The lowest BCUT2D eigenvalue weighted by Gasteiger charge is -2.41. The van der Waals surface area contributed by atoms with Crippen molar-refractivity contribution in [2.75, 3.05) is 13.2 Å². The predicted molar refractivity (Wildman–Crippen MR) is 261 cm³/mol. The van der Waals surface area contributed by atoms with Crippen LogP contribution >= 0.6 is 7.82 Å². The lowest BCUT2D eigenvalue weighted by Crippen LogP contribution is -2.64. The molecule has 3 unspecified atom stereocenters. The molecule has 0 aromatic carbocycles. The molecule has 0 aliphatic heterocycles. The molecule has 0 spiro atoms. The quantitative estimate of drug-likeness (QED) is 0.0125. The first-order chi connectivity index (χ1) is 32.2. The van der Waals surface area contributed by atoms with E-state index >= 15 is 0 Å². The van der Waals surface area contributed by atoms with Crippen molar-refractivity contribution in [3.05, 3.63) is 72.9 Å². The van der Waals surface area contributed by atoms with Gasteiger partial charge in [0.15, 0.2) is 6.10 Å². The number of rotatable bonds is 40. The predicted octanol–water partition coefficient (Wildman–Crippen LogP) is 8.22. The summed E-state index contributed by atoms with van der Waals surface area (Å²) in [6, 6.07) is 0. The molecule has 0 aromatic rings. The zero-order valence-corrected chi connectivity index (χ0v) is 41.3. The number of hydrogen-bond acceptors (Lipinski definition) is 14. The summed E-state index contributed by atoms with van der Waals surface area (Å²) in [5.74, 6) is -1.40. The van der Waals surface area contributed by atoms with Gasteiger partial charge in [-0.25, -0.2) is 4.57 Å². The maximum absolute atomic E-state index is 12.9. The lowest BCUT2D eigenvalue weighted by molar-refractivity contribution is -0.220. The van der Waals surface area contributed by atoms with Gasteiger partial charge in [-0.05, 0) is 83.5 Å². The molecule has 67 heavy (non-hydrogen) atoms. The number of carbonyl (C=O) groups is 2. The van der Waals surface area contributed by atoms with E-state index in [1.54, 1.807) is 6.08 Å². The highest BCUT2D eigenvalue weighted by Crippen LogP contribution is 2.47. The standard InChI is InChI=1S/C51H87O15P/c1-3-5-7-9-11-13-15-17-18-19-20-21-22-23-25-27-29-31-33-37-44(54)63-39-41(40-64-67(61,62)66-51-49(59)47(57)46(56)48(58)50(51)60)65-45(55)38-34-36-43(53)42(52)35-32-30-28-26-24-16-14-12-10-8-6-4-2/h6,8,11-14,17-18,24,26,30,32,41-43,46-53,56-60H,3-5,7,9-10,15-16,19-23,25,27-29,31,33-40H2,1-2H3,(H,61,62)/b8-6-,13-11-,14-12-,18-17-,26-24-,32-30-/t41-,42-,43-,46?,47-,48+,49-,50-,51?/m1/s1. The first-order valence-corrected chi connectivity index (χ1v) is 26.4. The fourth-order valence-electron chi connectivity index (χ4n) is 7.11. The van der Waals surface area contributed by atoms with E-state index in [1.807, 2.05) is 18.2 Å². The Labute approximate surface area is 401 Å². The summed E-state index contributed by atoms with van der Waals surface area (Å²) in [5.41, 5.74) is 0. The van der Waals surface area contributed by atoms with E-state index in [1.165, 1.54) is 51.4 Å². The van der Waals surface area contributed by atoms with Crippen molar-refractivity contribution in [2.24, 2.45) is 0 Å². The Hall–Kier alpha value is -2.79. The van der Waals surface area contributed by atoms with Crippen molar-refractivity contribution in [3.8, 4) is 0 Å². The minimum absolute atomic E-state index is 0.0631. The summed E-state index contributed by atoms with van der Waals surface area (Å²) in [6.07, 6.45) is 29.5. The molecule has 1 aliphatic carbocycles. The average Bonchev–Trinajstić information content (AvgIpc) is 3.30. The molecule has 0 radical (unpaired) electrons. The molecular weight excluding hydrogens is 884 g/mol. The van der Waals surface area contributed by atoms with E-state index in [0.717, 1.165) is 57.8 Å². The SMILES string of the molecule is CC/C=C\C/C=C\C/C=C\C/C=C\C[C@@H](O)[C@H](O)CCCC(=O)O[C@H](COC(=O)CCCCCCCCCCC/C=C\C/C=C\CCCCC)COP(=O)(O)OC1[C@H](O)[C@H](O)C(O)[C@H](O)[C@H]1O. The Morgan fingerprint density at radius 2 is 1.00 bits per heavy atom. The van der Waals surface area contributed by atoms with Gasteiger partial charge in [-0.2, -0.15) is 0 Å². The Kier molecular flexibility index (Phi) is 37.1. The second kappa shape index (κ2) is 40.0. The molecule has 15 nitrogen and oxygen atoms in total. The number of esters is 2. The summed E-state index contributed by atoms with van der Waals surface area (Å²) in [5, 5.41) is 71.1. The van der Waals surface area contributed by atoms with Crippen molar-refractivity contribution in [1.82, 2.24) is 0 Å². The Balaban J connectivity index is 2.53. The molecule has 386 valence electrons. The van der Waals surface area contributed by atoms with Crippen LogP contribution in [0.4, 0.5) is 0 Å². The Bertz CT molecular complexity index is 1480. The second-order valence-electron chi connectivity index (χ2n) is 17.2. The summed E-state index contributed by atoms with van der Waals surface area (Å²) in [7, 11) is -5.21. The summed E-state index contributed by atoms with van der Waals surface area (Å²) >= 11 is 0. The molecule has 1 fully saturated rings. The van der Waals surface area contributed by atoms with Gasteiger partial charge in [-0.3, -0.25) is 18.6 Å². The highest BCUT2D eigenvalue weighted by atomic mass is 31.2. The fourth-order valence-corrected chi connectivity index (χ4v) is 8.08. The number of phosphoric acid groups is 1. The summed E-state index contributed by atoms with van der Waals surface area (Å²) < 4.78 is 33.4. The maximum atomic E-state index is 12.9. The number of unbranched alkanes of at least 4 members (excludes halogenated alkanes) is 12. The van der Waals surface area contributed by atoms with Gasteiger partial charge in [0.2, 0.25) is 0 Å². The van der Waals surface area contributed by atoms with Crippen molar-refractivity contribution in [2.45, 2.75) is 223 Å². The molecule has 8 N–H and O–H groups in total. The van der Waals surface area contributed by atoms with Crippen LogP contribution in [0.5, 0.6) is 0 Å². The van der Waals surface area contributed by atoms with Crippen molar-refractivity contribution < 1.29 is 73.3 Å². The fraction of sp³-hybridized carbons (Fsp3) is 0.725. The van der Waals surface area contributed by atoms with Crippen LogP contribution < -0.4 is 0 Å². The van der Waals surface area contributed by atoms with E-state index in [9.17, 15) is 54.8 Å². The molecule has 16 heteroatoms. The summed E-state index contributed by atoms with van der Waals surface area (Å²) in [6.45, 7) is 2.92. The number of allylic oxidation sites excluding steroid dienone is 11. The Morgan fingerprint density at radius 3 is 1.55 bits per heavy atom. The molecular formula is C51H87O15P. The van der Waals surface area contributed by atoms with Crippen molar-refractivity contribution in [3.63, 3.8) is 0 Å². The minimum Gasteiger partial charge on any atom is -0.462 e. The number of hydrogen-bond donors (Lipinski definition) is 8. The molecule has 0 heterocycles. The monoisotopic (exact) mass is 971 g/mol. The van der Waals surface area contributed by atoms with Gasteiger partial charge in [-0.15, -0.1) is 0 Å². The van der Waals surface area contributed by atoms with Crippen LogP contribution in [0.3, 0.4) is 0 Å². The molecule has 1 aliphatic rings. The Morgan fingerprint density at radius 1 is 0.537 bits per heavy atom. The topological polar surface area (TPSA) is 250 Å². The molecule has 0 amide bonds. The van der Waals surface area contributed by atoms with Gasteiger partial charge >= 0.3 is 19.8 Å². The number of aliphatic hydroxyl groups excluding tert-OH is 7. The molecule has 0 bridgehead atoms. The van der Waals surface area contributed by atoms with Crippen LogP contribution in [0.25, 0.3) is 0 Å². The number of carbonyl (C=O) groups excluding carboxylic acids is 2. The van der Waals surface area contributed by atoms with Gasteiger partial charge in [0.25, 0.3) is 0 Å². The largest absolute Gasteiger partial charge is 0.472 e. The normalized spacial score (nSPS) is 22.7. The molecule has 1 saturated carbocycles. The van der Waals surface area contributed by atoms with Gasteiger partial charge in [0.1, 0.15) is 43.2 Å². The van der Waals surface area contributed by atoms with Crippen LogP contribution in [0.1, 0.15) is 168 Å². The van der Waals surface area contributed by atoms with Crippen LogP contribution in [0.15, 0.2) is 72.9 Å². The third-order valence-corrected chi connectivity index (χ3v) is 12.2. The number of phosphoric ester groups is 1. The highest BCUT2D eigenvalue weighted by molar-refractivity contribution is 7.47. The van der Waals surface area contributed by atoms with E-state index in [-0.39, 0.29) is 32.1 Å². The van der Waals surface area contributed by atoms with E-state index in [2.05, 4.69) is 62.5 Å². The van der Waals surface area contributed by atoms with Gasteiger partial charge in [0, 0.05) is 12.8 Å². The smallest absolute Gasteiger partial charge is 0.462 e.